The lowest BCUT2D eigenvalue weighted by molar-refractivity contribution is 0.0330. The van der Waals surface area contributed by atoms with Crippen LogP contribution in [-0.2, 0) is 4.96 Å². The second-order valence-electron chi connectivity index (χ2n) is 1.44. The molecule has 0 aromatic carbocycles. The fourth-order valence-electron chi connectivity index (χ4n) is 0.409. The van der Waals surface area contributed by atoms with Crippen LogP contribution in [0.4, 0.5) is 8.78 Å². The van der Waals surface area contributed by atoms with Gasteiger partial charge in [0, 0.05) is 28.3 Å². The molecule has 0 unspecified atom stereocenters. The van der Waals surface area contributed by atoms with Gasteiger partial charge in [0.1, 0.15) is 6.33 Å². The third-order valence-corrected chi connectivity index (χ3v) is 1.21. The molecule has 0 aliphatic carbocycles. The minimum absolute atomic E-state index is 0.660. The highest BCUT2D eigenvalue weighted by molar-refractivity contribution is 9.09. The molecule has 0 saturated heterocycles. The highest BCUT2D eigenvalue weighted by Crippen LogP contribution is 2.26. The van der Waals surface area contributed by atoms with Crippen LogP contribution < -0.4 is 0 Å². The van der Waals surface area contributed by atoms with E-state index in [1.807, 2.05) is 0 Å². The molecule has 0 fully saturated rings. The number of rotatable bonds is 1. The van der Waals surface area contributed by atoms with E-state index in [9.17, 15) is 8.78 Å². The third-order valence-electron chi connectivity index (χ3n) is 0.797. The fraction of sp³-hybridized carbons (Fsp3) is 0.250. The monoisotopic (exact) mass is 196 g/mol. The first-order chi connectivity index (χ1) is 4.11. The zero-order chi connectivity index (χ0) is 6.91. The van der Waals surface area contributed by atoms with E-state index in [4.69, 9.17) is 0 Å². The van der Waals surface area contributed by atoms with Gasteiger partial charge in [-0.15, -0.1) is 0 Å². The second kappa shape index (κ2) is 2.06. The van der Waals surface area contributed by atoms with Crippen molar-refractivity contribution < 1.29 is 8.78 Å². The molecule has 1 aromatic heterocycles. The third kappa shape index (κ3) is 1.48. The van der Waals surface area contributed by atoms with Crippen LogP contribution in [-0.4, -0.2) is 9.55 Å². The van der Waals surface area contributed by atoms with E-state index in [-0.39, 0.29) is 0 Å². The molecule has 5 heteroatoms. The molecule has 1 rings (SSSR count). The average molecular weight is 197 g/mol. The molecule has 0 amide bonds. The Labute approximate surface area is 58.6 Å². The number of hydrogen-bond donors (Lipinski definition) is 0. The topological polar surface area (TPSA) is 17.8 Å². The Bertz CT molecular complexity index is 179. The lowest BCUT2D eigenvalue weighted by Crippen LogP contribution is -2.11. The summed E-state index contributed by atoms with van der Waals surface area (Å²) in [5.41, 5.74) is 0. The van der Waals surface area contributed by atoms with Crippen molar-refractivity contribution >= 4 is 15.9 Å². The highest BCUT2D eigenvalue weighted by Gasteiger charge is 2.24. The van der Waals surface area contributed by atoms with Gasteiger partial charge in [-0.05, 0) is 0 Å². The summed E-state index contributed by atoms with van der Waals surface area (Å²) in [7, 11) is 0. The molecule has 0 spiro atoms. The Morgan fingerprint density at radius 1 is 1.56 bits per heavy atom. The second-order valence-corrected chi connectivity index (χ2v) is 2.39. The molecular weight excluding hydrogens is 194 g/mol. The lowest BCUT2D eigenvalue weighted by Gasteiger charge is -2.06. The van der Waals surface area contributed by atoms with Crippen molar-refractivity contribution in [1.82, 2.24) is 9.55 Å². The molecule has 0 N–H and O–H groups in total. The van der Waals surface area contributed by atoms with Crippen LogP contribution in [0, 0.1) is 0 Å². The number of aromatic nitrogens is 2. The van der Waals surface area contributed by atoms with E-state index in [0.29, 0.717) is 4.57 Å². The van der Waals surface area contributed by atoms with Crippen LogP contribution in [0.2, 0.25) is 0 Å². The molecule has 0 aliphatic heterocycles. The minimum atomic E-state index is -3.01. The Balaban J connectivity index is 2.90. The molecule has 0 saturated carbocycles. The van der Waals surface area contributed by atoms with E-state index in [1.54, 1.807) is 0 Å². The zero-order valence-corrected chi connectivity index (χ0v) is 5.85. The van der Waals surface area contributed by atoms with Gasteiger partial charge >= 0.3 is 4.96 Å². The van der Waals surface area contributed by atoms with Crippen LogP contribution >= 0.6 is 15.9 Å². The molecular formula is C4H3BrF2N2. The first-order valence-corrected chi connectivity index (χ1v) is 2.95. The SMILES string of the molecule is FC(F)(Br)n1ccnc1. The maximum absolute atomic E-state index is 12.1. The van der Waals surface area contributed by atoms with E-state index >= 15 is 0 Å². The predicted molar refractivity (Wildman–Crippen MR) is 31.3 cm³/mol. The molecule has 0 radical (unpaired) electrons. The Morgan fingerprint density at radius 3 is 2.44 bits per heavy atom. The van der Waals surface area contributed by atoms with Gasteiger partial charge in [-0.25, -0.2) is 4.98 Å². The zero-order valence-electron chi connectivity index (χ0n) is 4.26. The number of halogens is 3. The van der Waals surface area contributed by atoms with Crippen LogP contribution in [0.25, 0.3) is 0 Å². The molecule has 9 heavy (non-hydrogen) atoms. The lowest BCUT2D eigenvalue weighted by atomic mass is 10.9. The summed E-state index contributed by atoms with van der Waals surface area (Å²) in [6.45, 7) is 0. The van der Waals surface area contributed by atoms with E-state index < -0.39 is 4.96 Å². The summed E-state index contributed by atoms with van der Waals surface area (Å²) in [5.74, 6) is 0. The standard InChI is InChI=1S/C4H3BrF2N2/c5-4(6,7)9-2-1-8-3-9/h1-3H. The minimum Gasteiger partial charge on any atom is -0.268 e. The summed E-state index contributed by atoms with van der Waals surface area (Å²) >= 11 is 2.16. The van der Waals surface area contributed by atoms with Crippen molar-refractivity contribution in [2.45, 2.75) is 4.96 Å². The summed E-state index contributed by atoms with van der Waals surface area (Å²) < 4.78 is 24.9. The van der Waals surface area contributed by atoms with E-state index in [2.05, 4.69) is 20.9 Å². The largest absolute Gasteiger partial charge is 0.387 e. The van der Waals surface area contributed by atoms with Crippen LogP contribution in [0.1, 0.15) is 0 Å². The van der Waals surface area contributed by atoms with Crippen LogP contribution in [0.3, 0.4) is 0 Å². The molecule has 0 bridgehead atoms. The van der Waals surface area contributed by atoms with Crippen molar-refractivity contribution in [2.24, 2.45) is 0 Å². The number of imidazole rings is 1. The van der Waals surface area contributed by atoms with Crippen LogP contribution in [0.15, 0.2) is 18.7 Å². The quantitative estimate of drug-likeness (QED) is 0.627. The predicted octanol–water partition coefficient (Wildman–Crippen LogP) is 1.78. The Kier molecular flexibility index (Phi) is 1.52. The van der Waals surface area contributed by atoms with E-state index in [1.165, 1.54) is 12.4 Å². The smallest absolute Gasteiger partial charge is 0.268 e. The van der Waals surface area contributed by atoms with Crippen molar-refractivity contribution in [3.63, 3.8) is 0 Å². The molecule has 1 aromatic rings. The first-order valence-electron chi connectivity index (χ1n) is 2.16. The Morgan fingerprint density at radius 2 is 2.22 bits per heavy atom. The Hall–Kier alpha value is -0.450. The summed E-state index contributed by atoms with van der Waals surface area (Å²) in [6, 6.07) is 0. The summed E-state index contributed by atoms with van der Waals surface area (Å²) in [5, 5.41) is 0. The fourth-order valence-corrected chi connectivity index (χ4v) is 0.619. The molecule has 2 nitrogen and oxygen atoms in total. The van der Waals surface area contributed by atoms with Gasteiger partial charge < -0.3 is 0 Å². The van der Waals surface area contributed by atoms with E-state index in [0.717, 1.165) is 6.33 Å². The van der Waals surface area contributed by atoms with Gasteiger partial charge in [0.25, 0.3) is 0 Å². The summed E-state index contributed by atoms with van der Waals surface area (Å²) in [6.07, 6.45) is 3.50. The van der Waals surface area contributed by atoms with Crippen molar-refractivity contribution in [2.75, 3.05) is 0 Å². The van der Waals surface area contributed by atoms with Gasteiger partial charge in [-0.1, -0.05) is 0 Å². The number of alkyl halides is 3. The molecule has 50 valence electrons. The van der Waals surface area contributed by atoms with Crippen molar-refractivity contribution in [3.8, 4) is 0 Å². The van der Waals surface area contributed by atoms with Gasteiger partial charge in [0.2, 0.25) is 0 Å². The molecule has 1 heterocycles. The molecule has 0 atom stereocenters. The number of hydrogen-bond acceptors (Lipinski definition) is 1. The van der Waals surface area contributed by atoms with Gasteiger partial charge in [0.15, 0.2) is 0 Å². The number of nitrogens with zero attached hydrogens (tertiary/aromatic N) is 2. The van der Waals surface area contributed by atoms with Gasteiger partial charge in [-0.3, -0.25) is 4.57 Å². The summed E-state index contributed by atoms with van der Waals surface area (Å²) in [4.78, 5) is 0.431. The van der Waals surface area contributed by atoms with Crippen molar-refractivity contribution in [3.05, 3.63) is 18.7 Å². The highest BCUT2D eigenvalue weighted by atomic mass is 79.9. The van der Waals surface area contributed by atoms with Crippen LogP contribution in [0.5, 0.6) is 0 Å². The van der Waals surface area contributed by atoms with Crippen molar-refractivity contribution in [1.29, 1.82) is 0 Å². The van der Waals surface area contributed by atoms with Gasteiger partial charge in [-0.2, -0.15) is 8.78 Å². The first kappa shape index (κ1) is 6.67. The van der Waals surface area contributed by atoms with Gasteiger partial charge in [0.05, 0.1) is 0 Å². The maximum atomic E-state index is 12.1. The normalized spacial score (nSPS) is 11.9. The molecule has 0 aliphatic rings. The average Bonchev–Trinajstić information content (AvgIpc) is 2.08. The maximum Gasteiger partial charge on any atom is 0.387 e.